The molecule has 0 fully saturated rings. The summed E-state index contributed by atoms with van der Waals surface area (Å²) in [5, 5.41) is 1.84. The van der Waals surface area contributed by atoms with Crippen LogP contribution in [-0.2, 0) is 26.9 Å². The standard InChI is InChI=1S/C12H11OP.Ag/c13-14(11-7-3-1-4-8-11)12-9-5-2-6-10-12;/h1-10,14H;. The van der Waals surface area contributed by atoms with Gasteiger partial charge in [0.15, 0.2) is 0 Å². The summed E-state index contributed by atoms with van der Waals surface area (Å²) < 4.78 is 12.0. The minimum absolute atomic E-state index is 0. The van der Waals surface area contributed by atoms with Crippen molar-refractivity contribution >= 4 is 18.4 Å². The van der Waals surface area contributed by atoms with E-state index in [9.17, 15) is 4.57 Å². The van der Waals surface area contributed by atoms with Crippen molar-refractivity contribution in [2.75, 3.05) is 0 Å². The van der Waals surface area contributed by atoms with E-state index in [0.717, 1.165) is 10.6 Å². The van der Waals surface area contributed by atoms with Crippen LogP contribution in [0.4, 0.5) is 0 Å². The molecule has 0 heterocycles. The average molecular weight is 310 g/mol. The minimum atomic E-state index is -1.79. The van der Waals surface area contributed by atoms with Gasteiger partial charge in [0.25, 0.3) is 0 Å². The maximum Gasteiger partial charge on any atom is 0.131 e. The van der Waals surface area contributed by atoms with E-state index in [1.165, 1.54) is 0 Å². The molecule has 15 heavy (non-hydrogen) atoms. The topological polar surface area (TPSA) is 17.1 Å². The second-order valence-electron chi connectivity index (χ2n) is 3.06. The van der Waals surface area contributed by atoms with Crippen LogP contribution in [0, 0.1) is 0 Å². The van der Waals surface area contributed by atoms with E-state index < -0.39 is 7.80 Å². The van der Waals surface area contributed by atoms with Crippen LogP contribution in [0.5, 0.6) is 0 Å². The van der Waals surface area contributed by atoms with Crippen molar-refractivity contribution in [3.05, 3.63) is 60.7 Å². The molecule has 1 radical (unpaired) electrons. The predicted molar refractivity (Wildman–Crippen MR) is 61.2 cm³/mol. The van der Waals surface area contributed by atoms with Crippen molar-refractivity contribution in [2.45, 2.75) is 0 Å². The Bertz CT molecular complexity index is 386. The number of benzene rings is 2. The fourth-order valence-electron chi connectivity index (χ4n) is 1.35. The van der Waals surface area contributed by atoms with Crippen LogP contribution >= 0.6 is 7.80 Å². The van der Waals surface area contributed by atoms with Gasteiger partial charge in [-0.1, -0.05) is 60.7 Å². The van der Waals surface area contributed by atoms with Crippen LogP contribution < -0.4 is 10.6 Å². The molecule has 3 heteroatoms. The van der Waals surface area contributed by atoms with Gasteiger partial charge < -0.3 is 4.57 Å². The summed E-state index contributed by atoms with van der Waals surface area (Å²) in [7, 11) is -1.79. The van der Waals surface area contributed by atoms with Gasteiger partial charge in [0.1, 0.15) is 7.80 Å². The van der Waals surface area contributed by atoms with Crippen molar-refractivity contribution in [2.24, 2.45) is 0 Å². The number of hydrogen-bond donors (Lipinski definition) is 0. The fraction of sp³-hybridized carbons (Fsp3) is 0. The molecule has 0 amide bonds. The molecule has 0 saturated carbocycles. The van der Waals surface area contributed by atoms with Gasteiger partial charge in [0.2, 0.25) is 0 Å². The molecule has 0 N–H and O–H groups in total. The molecule has 0 aliphatic carbocycles. The Labute approximate surface area is 106 Å². The molecule has 2 rings (SSSR count). The second-order valence-corrected chi connectivity index (χ2v) is 4.87. The predicted octanol–water partition coefficient (Wildman–Crippen LogP) is 2.19. The van der Waals surface area contributed by atoms with Crippen molar-refractivity contribution < 1.29 is 26.9 Å². The Hall–Kier alpha value is -0.590. The van der Waals surface area contributed by atoms with Crippen LogP contribution in [0.25, 0.3) is 0 Å². The molecular weight excluding hydrogens is 299 g/mol. The Morgan fingerprint density at radius 1 is 0.667 bits per heavy atom. The summed E-state index contributed by atoms with van der Waals surface area (Å²) in [5.74, 6) is 0. The molecule has 81 valence electrons. The van der Waals surface area contributed by atoms with E-state index in [2.05, 4.69) is 0 Å². The van der Waals surface area contributed by atoms with Crippen LogP contribution in [0.1, 0.15) is 0 Å². The van der Waals surface area contributed by atoms with Crippen LogP contribution in [-0.4, -0.2) is 0 Å². The third kappa shape index (κ3) is 3.19. The average Bonchev–Trinajstić information content (AvgIpc) is 2.30. The molecule has 2 aromatic rings. The van der Waals surface area contributed by atoms with E-state index in [1.54, 1.807) is 0 Å². The molecular formula is C12H11AgOP. The van der Waals surface area contributed by atoms with Gasteiger partial charge in [-0.3, -0.25) is 0 Å². The van der Waals surface area contributed by atoms with E-state index in [4.69, 9.17) is 0 Å². The first-order valence-corrected chi connectivity index (χ1v) is 5.93. The molecule has 0 spiro atoms. The summed E-state index contributed by atoms with van der Waals surface area (Å²) in [6.45, 7) is 0. The first kappa shape index (κ1) is 12.5. The van der Waals surface area contributed by atoms with Gasteiger partial charge >= 0.3 is 0 Å². The van der Waals surface area contributed by atoms with E-state index in [0.29, 0.717) is 0 Å². The van der Waals surface area contributed by atoms with Gasteiger partial charge in [0.05, 0.1) is 0 Å². The minimum Gasteiger partial charge on any atom is -0.317 e. The van der Waals surface area contributed by atoms with Gasteiger partial charge in [-0.25, -0.2) is 0 Å². The normalized spacial score (nSPS) is 9.67. The maximum absolute atomic E-state index is 12.0. The van der Waals surface area contributed by atoms with Gasteiger partial charge in [-0.2, -0.15) is 0 Å². The molecule has 0 aliphatic heterocycles. The Balaban J connectivity index is 0.00000112. The van der Waals surface area contributed by atoms with E-state index in [-0.39, 0.29) is 22.4 Å². The molecule has 1 nitrogen and oxygen atoms in total. The molecule has 0 unspecified atom stereocenters. The smallest absolute Gasteiger partial charge is 0.131 e. The number of hydrogen-bond acceptors (Lipinski definition) is 1. The Morgan fingerprint density at radius 2 is 1.00 bits per heavy atom. The monoisotopic (exact) mass is 309 g/mol. The second kappa shape index (κ2) is 6.09. The molecule has 0 aliphatic rings. The maximum atomic E-state index is 12.0. The van der Waals surface area contributed by atoms with Crippen molar-refractivity contribution in [1.29, 1.82) is 0 Å². The molecule has 2 aromatic carbocycles. The van der Waals surface area contributed by atoms with Gasteiger partial charge in [-0.15, -0.1) is 0 Å². The first-order chi connectivity index (χ1) is 6.88. The van der Waals surface area contributed by atoms with Crippen molar-refractivity contribution in [3.8, 4) is 0 Å². The summed E-state index contributed by atoms with van der Waals surface area (Å²) in [5.41, 5.74) is 0. The van der Waals surface area contributed by atoms with Gasteiger partial charge in [0, 0.05) is 33.0 Å². The summed E-state index contributed by atoms with van der Waals surface area (Å²) >= 11 is 0. The zero-order valence-electron chi connectivity index (χ0n) is 7.98. The summed E-state index contributed by atoms with van der Waals surface area (Å²) in [6.07, 6.45) is 0. The Kier molecular flexibility index (Phi) is 5.07. The fourth-order valence-corrected chi connectivity index (χ4v) is 2.67. The molecule has 0 aromatic heterocycles. The van der Waals surface area contributed by atoms with E-state index >= 15 is 0 Å². The van der Waals surface area contributed by atoms with Crippen LogP contribution in [0.3, 0.4) is 0 Å². The van der Waals surface area contributed by atoms with Crippen LogP contribution in [0.15, 0.2) is 60.7 Å². The SMILES string of the molecule is O=[PH](c1ccccc1)c1ccccc1.[Ag]. The van der Waals surface area contributed by atoms with Gasteiger partial charge in [-0.05, 0) is 0 Å². The van der Waals surface area contributed by atoms with Crippen LogP contribution in [0.2, 0.25) is 0 Å². The van der Waals surface area contributed by atoms with Crippen molar-refractivity contribution in [1.82, 2.24) is 0 Å². The first-order valence-electron chi connectivity index (χ1n) is 4.53. The quantitative estimate of drug-likeness (QED) is 0.614. The van der Waals surface area contributed by atoms with E-state index in [1.807, 2.05) is 60.7 Å². The zero-order valence-corrected chi connectivity index (χ0v) is 10.5. The number of rotatable bonds is 2. The zero-order chi connectivity index (χ0) is 9.80. The summed E-state index contributed by atoms with van der Waals surface area (Å²) in [4.78, 5) is 0. The molecule has 0 saturated heterocycles. The third-order valence-electron chi connectivity index (χ3n) is 2.07. The molecule has 0 atom stereocenters. The van der Waals surface area contributed by atoms with Crippen molar-refractivity contribution in [3.63, 3.8) is 0 Å². The third-order valence-corrected chi connectivity index (χ3v) is 3.79. The Morgan fingerprint density at radius 3 is 1.33 bits per heavy atom. The molecule has 0 bridgehead atoms. The largest absolute Gasteiger partial charge is 0.317 e. The summed E-state index contributed by atoms with van der Waals surface area (Å²) in [6, 6.07) is 19.2.